The van der Waals surface area contributed by atoms with E-state index >= 15 is 0 Å². The quantitative estimate of drug-likeness (QED) is 0.867. The van der Waals surface area contributed by atoms with Crippen molar-refractivity contribution in [3.05, 3.63) is 15.0 Å². The molecule has 0 aromatic carbocycles. The van der Waals surface area contributed by atoms with Crippen LogP contribution in [-0.4, -0.2) is 40.8 Å². The summed E-state index contributed by atoms with van der Waals surface area (Å²) in [6.07, 6.45) is 6.42. The number of piperidine rings is 1. The molecule has 7 heteroatoms. The number of thiazole rings is 1. The summed E-state index contributed by atoms with van der Waals surface area (Å²) in [6, 6.07) is 0.355. The molecule has 1 atom stereocenters. The van der Waals surface area contributed by atoms with Crippen LogP contribution in [0.15, 0.2) is 0 Å². The molecule has 2 aliphatic rings. The molecule has 1 saturated carbocycles. The molecule has 0 bridgehead atoms. The molecule has 132 valence electrons. The average molecular weight is 370 g/mol. The van der Waals surface area contributed by atoms with Gasteiger partial charge in [0.1, 0.15) is 4.34 Å². The maximum atomic E-state index is 12.4. The Bertz CT molecular complexity index is 593. The summed E-state index contributed by atoms with van der Waals surface area (Å²) in [7, 11) is 0. The Morgan fingerprint density at radius 2 is 2.12 bits per heavy atom. The normalized spacial score (nSPS) is 22.2. The predicted octanol–water partition coefficient (Wildman–Crippen LogP) is 2.94. The maximum absolute atomic E-state index is 12.4. The van der Waals surface area contributed by atoms with E-state index in [2.05, 4.69) is 10.3 Å². The Morgan fingerprint density at radius 3 is 2.79 bits per heavy atom. The number of rotatable bonds is 5. The van der Waals surface area contributed by atoms with Crippen molar-refractivity contribution >= 4 is 34.8 Å². The molecular formula is C17H24ClN3O2S. The van der Waals surface area contributed by atoms with Gasteiger partial charge in [-0.3, -0.25) is 9.59 Å². The SMILES string of the molecule is Cc1nc(CCNC(=O)C2CCC(=O)N(C3CCCC3)C2)sc1Cl. The number of aromatic nitrogens is 1. The number of nitrogens with one attached hydrogen (secondary N) is 1. The van der Waals surface area contributed by atoms with Crippen molar-refractivity contribution in [1.82, 2.24) is 15.2 Å². The Hall–Kier alpha value is -1.14. The second-order valence-electron chi connectivity index (χ2n) is 6.73. The van der Waals surface area contributed by atoms with Crippen molar-refractivity contribution in [2.75, 3.05) is 13.1 Å². The molecule has 0 spiro atoms. The van der Waals surface area contributed by atoms with Gasteiger partial charge >= 0.3 is 0 Å². The molecule has 1 N–H and O–H groups in total. The number of amides is 2. The van der Waals surface area contributed by atoms with Crippen molar-refractivity contribution in [2.24, 2.45) is 5.92 Å². The summed E-state index contributed by atoms with van der Waals surface area (Å²) in [5.74, 6) is 0.202. The van der Waals surface area contributed by atoms with E-state index in [1.165, 1.54) is 24.2 Å². The smallest absolute Gasteiger partial charge is 0.224 e. The Kier molecular flexibility index (Phi) is 5.76. The lowest BCUT2D eigenvalue weighted by molar-refractivity contribution is -0.140. The number of hydrogen-bond donors (Lipinski definition) is 1. The Balaban J connectivity index is 1.48. The largest absolute Gasteiger partial charge is 0.355 e. The molecule has 24 heavy (non-hydrogen) atoms. The van der Waals surface area contributed by atoms with Crippen LogP contribution in [0.5, 0.6) is 0 Å². The van der Waals surface area contributed by atoms with Crippen LogP contribution in [0.1, 0.15) is 49.2 Å². The number of carbonyl (C=O) groups is 2. The Labute approximate surface area is 151 Å². The van der Waals surface area contributed by atoms with Crippen LogP contribution < -0.4 is 5.32 Å². The second-order valence-corrected chi connectivity index (χ2v) is 8.41. The van der Waals surface area contributed by atoms with E-state index in [4.69, 9.17) is 11.6 Å². The summed E-state index contributed by atoms with van der Waals surface area (Å²) in [4.78, 5) is 30.9. The second kappa shape index (κ2) is 7.83. The van der Waals surface area contributed by atoms with Gasteiger partial charge in [-0.15, -0.1) is 11.3 Å². The minimum Gasteiger partial charge on any atom is -0.355 e. The van der Waals surface area contributed by atoms with Crippen LogP contribution >= 0.6 is 22.9 Å². The minimum atomic E-state index is -0.0788. The number of carbonyl (C=O) groups excluding carboxylic acids is 2. The Morgan fingerprint density at radius 1 is 1.38 bits per heavy atom. The highest BCUT2D eigenvalue weighted by atomic mass is 35.5. The molecule has 0 radical (unpaired) electrons. The van der Waals surface area contributed by atoms with Crippen molar-refractivity contribution in [3.63, 3.8) is 0 Å². The highest BCUT2D eigenvalue weighted by Gasteiger charge is 2.34. The molecule has 2 amide bonds. The molecule has 5 nitrogen and oxygen atoms in total. The van der Waals surface area contributed by atoms with Gasteiger partial charge in [-0.2, -0.15) is 0 Å². The van der Waals surface area contributed by atoms with E-state index in [9.17, 15) is 9.59 Å². The van der Waals surface area contributed by atoms with Crippen molar-refractivity contribution in [1.29, 1.82) is 0 Å². The number of aryl methyl sites for hydroxylation is 1. The molecule has 2 fully saturated rings. The summed E-state index contributed by atoms with van der Waals surface area (Å²) >= 11 is 7.48. The van der Waals surface area contributed by atoms with E-state index in [0.29, 0.717) is 42.7 Å². The van der Waals surface area contributed by atoms with Gasteiger partial charge in [-0.05, 0) is 26.2 Å². The third-order valence-electron chi connectivity index (χ3n) is 5.00. The highest BCUT2D eigenvalue weighted by molar-refractivity contribution is 7.16. The lowest BCUT2D eigenvalue weighted by Gasteiger charge is -2.36. The third-order valence-corrected chi connectivity index (χ3v) is 6.51. The van der Waals surface area contributed by atoms with Crippen molar-refractivity contribution < 1.29 is 9.59 Å². The fourth-order valence-corrected chi connectivity index (χ4v) is 4.73. The van der Waals surface area contributed by atoms with Crippen LogP contribution in [-0.2, 0) is 16.0 Å². The van der Waals surface area contributed by atoms with E-state index in [1.54, 1.807) is 0 Å². The summed E-state index contributed by atoms with van der Waals surface area (Å²) in [5, 5.41) is 3.95. The van der Waals surface area contributed by atoms with Gasteiger partial charge in [0.2, 0.25) is 11.8 Å². The van der Waals surface area contributed by atoms with E-state index in [1.807, 2.05) is 11.8 Å². The zero-order chi connectivity index (χ0) is 17.1. The molecule has 1 saturated heterocycles. The monoisotopic (exact) mass is 369 g/mol. The van der Waals surface area contributed by atoms with E-state index < -0.39 is 0 Å². The van der Waals surface area contributed by atoms with Gasteiger partial charge in [-0.1, -0.05) is 24.4 Å². The van der Waals surface area contributed by atoms with Gasteiger partial charge < -0.3 is 10.2 Å². The number of halogens is 1. The first-order valence-corrected chi connectivity index (χ1v) is 9.93. The van der Waals surface area contributed by atoms with Crippen molar-refractivity contribution in [3.8, 4) is 0 Å². The third kappa shape index (κ3) is 4.09. The lowest BCUT2D eigenvalue weighted by atomic mass is 9.95. The fourth-order valence-electron chi connectivity index (χ4n) is 3.63. The van der Waals surface area contributed by atoms with Crippen molar-refractivity contribution in [2.45, 2.75) is 57.9 Å². The molecule has 2 heterocycles. The van der Waals surface area contributed by atoms with E-state index in [0.717, 1.165) is 23.5 Å². The van der Waals surface area contributed by atoms with Gasteiger partial charge in [0.15, 0.2) is 0 Å². The first-order valence-electron chi connectivity index (χ1n) is 8.73. The highest BCUT2D eigenvalue weighted by Crippen LogP contribution is 2.29. The summed E-state index contributed by atoms with van der Waals surface area (Å²) in [5.41, 5.74) is 0.848. The van der Waals surface area contributed by atoms with Crippen LogP contribution in [0.3, 0.4) is 0 Å². The van der Waals surface area contributed by atoms with Gasteiger partial charge in [-0.25, -0.2) is 4.98 Å². The number of likely N-dealkylation sites (tertiary alicyclic amines) is 1. The molecular weight excluding hydrogens is 346 g/mol. The molecule has 1 aliphatic carbocycles. The van der Waals surface area contributed by atoms with Gasteiger partial charge in [0.05, 0.1) is 16.6 Å². The van der Waals surface area contributed by atoms with Crippen LogP contribution in [0.4, 0.5) is 0 Å². The molecule has 1 aliphatic heterocycles. The molecule has 3 rings (SSSR count). The topological polar surface area (TPSA) is 62.3 Å². The molecule has 1 aromatic heterocycles. The van der Waals surface area contributed by atoms with Crippen LogP contribution in [0.25, 0.3) is 0 Å². The number of hydrogen-bond acceptors (Lipinski definition) is 4. The summed E-state index contributed by atoms with van der Waals surface area (Å²) < 4.78 is 0.717. The first kappa shape index (κ1) is 17.7. The standard InChI is InChI=1S/C17H24ClN3O2S/c1-11-16(18)24-14(20-11)8-9-19-17(23)12-6-7-15(22)21(10-12)13-4-2-3-5-13/h12-13H,2-10H2,1H3,(H,19,23). The first-order chi connectivity index (χ1) is 11.5. The molecule has 1 unspecified atom stereocenters. The van der Waals surface area contributed by atoms with Crippen LogP contribution in [0, 0.1) is 12.8 Å². The molecule has 1 aromatic rings. The fraction of sp³-hybridized carbons (Fsp3) is 0.706. The average Bonchev–Trinajstić information content (AvgIpc) is 3.18. The lowest BCUT2D eigenvalue weighted by Crippen LogP contribution is -2.49. The van der Waals surface area contributed by atoms with Crippen LogP contribution in [0.2, 0.25) is 4.34 Å². The maximum Gasteiger partial charge on any atom is 0.224 e. The van der Waals surface area contributed by atoms with E-state index in [-0.39, 0.29) is 17.7 Å². The zero-order valence-electron chi connectivity index (χ0n) is 14.0. The van der Waals surface area contributed by atoms with Gasteiger partial charge in [0.25, 0.3) is 0 Å². The minimum absolute atomic E-state index is 0.0601. The predicted molar refractivity (Wildman–Crippen MR) is 95.3 cm³/mol. The van der Waals surface area contributed by atoms with Gasteiger partial charge in [0, 0.05) is 32.0 Å². The zero-order valence-corrected chi connectivity index (χ0v) is 15.6. The summed E-state index contributed by atoms with van der Waals surface area (Å²) in [6.45, 7) is 3.03. The number of nitrogens with zero attached hydrogens (tertiary/aromatic N) is 2.